The minimum atomic E-state index is 0.270. The topological polar surface area (TPSA) is 47.1 Å². The van der Waals surface area contributed by atoms with Crippen molar-refractivity contribution in [2.45, 2.75) is 57.3 Å². The van der Waals surface area contributed by atoms with E-state index in [1.807, 2.05) is 6.20 Å². The summed E-state index contributed by atoms with van der Waals surface area (Å²) in [5.41, 5.74) is 7.68. The molecule has 1 aliphatic carbocycles. The number of hydrogen-bond acceptors (Lipinski definition) is 3. The molecule has 0 radical (unpaired) electrons. The quantitative estimate of drug-likeness (QED) is 0.862. The van der Waals surface area contributed by atoms with Crippen molar-refractivity contribution >= 4 is 0 Å². The van der Waals surface area contributed by atoms with Crippen molar-refractivity contribution in [1.29, 1.82) is 0 Å². The standard InChI is InChI=1S/C13H22N4/c1-2-17-12(7-8-15-17)13-11(14)4-3-9-16(13)10-5-6-10/h7-8,10-11,13H,2-6,9,14H2,1H3. The van der Waals surface area contributed by atoms with Gasteiger partial charge in [-0.25, -0.2) is 0 Å². The van der Waals surface area contributed by atoms with E-state index < -0.39 is 0 Å². The average Bonchev–Trinajstić information content (AvgIpc) is 3.08. The molecular formula is C13H22N4. The number of nitrogens with two attached hydrogens (primary N) is 1. The zero-order chi connectivity index (χ0) is 11.8. The maximum absolute atomic E-state index is 6.37. The van der Waals surface area contributed by atoms with Crippen LogP contribution in [0.2, 0.25) is 0 Å². The summed E-state index contributed by atoms with van der Waals surface area (Å²) in [7, 11) is 0. The Labute approximate surface area is 103 Å². The molecule has 0 aromatic carbocycles. The second-order valence-corrected chi connectivity index (χ2v) is 5.29. The minimum Gasteiger partial charge on any atom is -0.326 e. The lowest BCUT2D eigenvalue weighted by atomic mass is 9.94. The van der Waals surface area contributed by atoms with Gasteiger partial charge in [0.1, 0.15) is 0 Å². The molecular weight excluding hydrogens is 212 g/mol. The maximum atomic E-state index is 6.37. The lowest BCUT2D eigenvalue weighted by molar-refractivity contribution is 0.113. The van der Waals surface area contributed by atoms with E-state index in [0.29, 0.717) is 6.04 Å². The molecule has 94 valence electrons. The Balaban J connectivity index is 1.90. The molecule has 0 amide bonds. The molecule has 0 spiro atoms. The van der Waals surface area contributed by atoms with Gasteiger partial charge in [-0.2, -0.15) is 5.10 Å². The van der Waals surface area contributed by atoms with Gasteiger partial charge in [0.2, 0.25) is 0 Å². The number of nitrogens with zero attached hydrogens (tertiary/aromatic N) is 3. The highest BCUT2D eigenvalue weighted by Crippen LogP contribution is 2.39. The van der Waals surface area contributed by atoms with Gasteiger partial charge in [-0.15, -0.1) is 0 Å². The summed E-state index contributed by atoms with van der Waals surface area (Å²) in [6.45, 7) is 4.29. The Kier molecular flexibility index (Phi) is 2.92. The number of aryl methyl sites for hydroxylation is 1. The van der Waals surface area contributed by atoms with Gasteiger partial charge in [-0.3, -0.25) is 9.58 Å². The Morgan fingerprint density at radius 2 is 2.24 bits per heavy atom. The molecule has 1 aromatic heterocycles. The first-order valence-electron chi connectivity index (χ1n) is 6.84. The Bertz CT molecular complexity index is 383. The SMILES string of the molecule is CCn1nccc1C1C(N)CCCN1C1CC1. The summed E-state index contributed by atoms with van der Waals surface area (Å²) in [5.74, 6) is 0. The van der Waals surface area contributed by atoms with Crippen LogP contribution < -0.4 is 5.73 Å². The van der Waals surface area contributed by atoms with Crippen LogP contribution in [-0.2, 0) is 6.54 Å². The van der Waals surface area contributed by atoms with Gasteiger partial charge in [0, 0.05) is 24.8 Å². The number of aromatic nitrogens is 2. The van der Waals surface area contributed by atoms with Crippen molar-refractivity contribution in [2.75, 3.05) is 6.54 Å². The summed E-state index contributed by atoms with van der Waals surface area (Å²) in [5, 5.41) is 4.39. The highest BCUT2D eigenvalue weighted by molar-refractivity contribution is 5.13. The highest BCUT2D eigenvalue weighted by atomic mass is 15.3. The van der Waals surface area contributed by atoms with Crippen LogP contribution in [0.25, 0.3) is 0 Å². The van der Waals surface area contributed by atoms with Crippen LogP contribution in [0.4, 0.5) is 0 Å². The Morgan fingerprint density at radius 3 is 2.94 bits per heavy atom. The molecule has 1 saturated heterocycles. The second-order valence-electron chi connectivity index (χ2n) is 5.29. The van der Waals surface area contributed by atoms with Crippen molar-refractivity contribution in [3.05, 3.63) is 18.0 Å². The highest BCUT2D eigenvalue weighted by Gasteiger charge is 2.40. The molecule has 0 bridgehead atoms. The summed E-state index contributed by atoms with van der Waals surface area (Å²) in [4.78, 5) is 2.62. The fraction of sp³-hybridized carbons (Fsp3) is 0.769. The van der Waals surface area contributed by atoms with Gasteiger partial charge in [-0.1, -0.05) is 0 Å². The molecule has 4 heteroatoms. The molecule has 1 aromatic rings. The van der Waals surface area contributed by atoms with Crippen molar-refractivity contribution < 1.29 is 0 Å². The zero-order valence-electron chi connectivity index (χ0n) is 10.5. The molecule has 17 heavy (non-hydrogen) atoms. The molecule has 3 rings (SSSR count). The molecule has 2 atom stereocenters. The normalized spacial score (nSPS) is 30.7. The van der Waals surface area contributed by atoms with Crippen LogP contribution in [0.15, 0.2) is 12.3 Å². The number of hydrogen-bond donors (Lipinski definition) is 1. The van der Waals surface area contributed by atoms with E-state index in [1.54, 1.807) is 0 Å². The first-order valence-corrected chi connectivity index (χ1v) is 6.84. The van der Waals surface area contributed by atoms with E-state index >= 15 is 0 Å². The minimum absolute atomic E-state index is 0.270. The van der Waals surface area contributed by atoms with Crippen molar-refractivity contribution in [3.8, 4) is 0 Å². The first kappa shape index (κ1) is 11.2. The monoisotopic (exact) mass is 234 g/mol. The zero-order valence-corrected chi connectivity index (χ0v) is 10.5. The predicted molar refractivity (Wildman–Crippen MR) is 67.6 cm³/mol. The first-order chi connectivity index (χ1) is 8.31. The van der Waals surface area contributed by atoms with Gasteiger partial charge in [0.15, 0.2) is 0 Å². The van der Waals surface area contributed by atoms with Gasteiger partial charge in [0.05, 0.1) is 11.7 Å². The lowest BCUT2D eigenvalue weighted by Crippen LogP contribution is -2.47. The van der Waals surface area contributed by atoms with Crippen LogP contribution in [0, 0.1) is 0 Å². The van der Waals surface area contributed by atoms with E-state index in [-0.39, 0.29) is 6.04 Å². The van der Waals surface area contributed by atoms with Gasteiger partial charge in [0.25, 0.3) is 0 Å². The van der Waals surface area contributed by atoms with E-state index in [4.69, 9.17) is 5.73 Å². The molecule has 2 fully saturated rings. The molecule has 1 aliphatic heterocycles. The second kappa shape index (κ2) is 4.42. The van der Waals surface area contributed by atoms with Crippen LogP contribution in [0.1, 0.15) is 44.3 Å². The van der Waals surface area contributed by atoms with Crippen LogP contribution in [0.5, 0.6) is 0 Å². The van der Waals surface area contributed by atoms with Crippen molar-refractivity contribution in [1.82, 2.24) is 14.7 Å². The number of piperidine rings is 1. The fourth-order valence-corrected chi connectivity index (χ4v) is 3.12. The third-order valence-electron chi connectivity index (χ3n) is 4.08. The van der Waals surface area contributed by atoms with Crippen LogP contribution in [0.3, 0.4) is 0 Å². The number of rotatable bonds is 3. The fourth-order valence-electron chi connectivity index (χ4n) is 3.12. The Hall–Kier alpha value is -0.870. The van der Waals surface area contributed by atoms with Crippen LogP contribution >= 0.6 is 0 Å². The molecule has 1 saturated carbocycles. The van der Waals surface area contributed by atoms with E-state index in [9.17, 15) is 0 Å². The number of likely N-dealkylation sites (tertiary alicyclic amines) is 1. The van der Waals surface area contributed by atoms with E-state index in [1.165, 1.54) is 31.5 Å². The van der Waals surface area contributed by atoms with Crippen LogP contribution in [-0.4, -0.2) is 33.3 Å². The predicted octanol–water partition coefficient (Wildman–Crippen LogP) is 1.53. The Morgan fingerprint density at radius 1 is 1.41 bits per heavy atom. The third kappa shape index (κ3) is 2.00. The summed E-state index contributed by atoms with van der Waals surface area (Å²) in [6.07, 6.45) is 7.00. The van der Waals surface area contributed by atoms with Crippen molar-refractivity contribution in [3.63, 3.8) is 0 Å². The summed E-state index contributed by atoms with van der Waals surface area (Å²) in [6, 6.07) is 3.59. The van der Waals surface area contributed by atoms with Crippen molar-refractivity contribution in [2.24, 2.45) is 5.73 Å². The lowest BCUT2D eigenvalue weighted by Gasteiger charge is -2.40. The third-order valence-corrected chi connectivity index (χ3v) is 4.08. The molecule has 2 heterocycles. The average molecular weight is 234 g/mol. The molecule has 2 N–H and O–H groups in total. The summed E-state index contributed by atoms with van der Waals surface area (Å²) >= 11 is 0. The largest absolute Gasteiger partial charge is 0.326 e. The van der Waals surface area contributed by atoms with E-state index in [2.05, 4.69) is 27.7 Å². The molecule has 2 unspecified atom stereocenters. The maximum Gasteiger partial charge on any atom is 0.0672 e. The smallest absolute Gasteiger partial charge is 0.0672 e. The van der Waals surface area contributed by atoms with Gasteiger partial charge < -0.3 is 5.73 Å². The molecule has 2 aliphatic rings. The van der Waals surface area contributed by atoms with Gasteiger partial charge in [-0.05, 0) is 45.2 Å². The van der Waals surface area contributed by atoms with Gasteiger partial charge >= 0.3 is 0 Å². The summed E-state index contributed by atoms with van der Waals surface area (Å²) < 4.78 is 2.10. The van der Waals surface area contributed by atoms with E-state index in [0.717, 1.165) is 19.0 Å². The molecule has 4 nitrogen and oxygen atoms in total.